The van der Waals surface area contributed by atoms with Crippen LogP contribution in [0.4, 0.5) is 18.9 Å². The van der Waals surface area contributed by atoms with Crippen LogP contribution in [-0.2, 0) is 4.79 Å². The topological polar surface area (TPSA) is 76.7 Å². The number of aliphatic imine (C=N–C) groups is 1. The summed E-state index contributed by atoms with van der Waals surface area (Å²) in [5.74, 6) is 0.311. The van der Waals surface area contributed by atoms with Crippen LogP contribution in [0.3, 0.4) is 0 Å². The molecule has 1 aliphatic rings. The van der Waals surface area contributed by atoms with Gasteiger partial charge in [0.05, 0.1) is 12.8 Å². The Kier molecular flexibility index (Phi) is 8.37. The summed E-state index contributed by atoms with van der Waals surface area (Å²) in [7, 11) is 1.50. The average molecular weight is 432 g/mol. The number of amides is 1. The van der Waals surface area contributed by atoms with Crippen LogP contribution in [0.1, 0.15) is 44.9 Å². The normalized spacial score (nSPS) is 17.9. The number of carbonyl (C=O) groups excluding carboxylic acids is 1. The molecule has 0 bridgehead atoms. The van der Waals surface area contributed by atoms with E-state index in [1.807, 2.05) is 0 Å². The predicted molar refractivity (Wildman–Crippen MR) is 109 cm³/mol. The number of anilines is 1. The molecule has 9 heteroatoms. The first-order chi connectivity index (χ1) is 13.7. The average Bonchev–Trinajstić information content (AvgIpc) is 2.67. The van der Waals surface area contributed by atoms with Gasteiger partial charge >= 0.3 is 6.18 Å². The highest BCUT2D eigenvalue weighted by atomic mass is 35.5. The molecule has 160 valence electrons. The van der Waals surface area contributed by atoms with E-state index in [9.17, 15) is 18.0 Å². The fourth-order valence-electron chi connectivity index (χ4n) is 3.13. The number of nitrogens with two attached hydrogens (primary N) is 1. The molecule has 0 aliphatic heterocycles. The summed E-state index contributed by atoms with van der Waals surface area (Å²) in [6.07, 6.45) is -0.853. The maximum atomic E-state index is 12.9. The van der Waals surface area contributed by atoms with E-state index >= 15 is 0 Å². The number of nitrogens with one attached hydrogen (secondary N) is 1. The first kappa shape index (κ1) is 23.1. The first-order valence-corrected chi connectivity index (χ1v) is 9.83. The van der Waals surface area contributed by atoms with Crippen molar-refractivity contribution in [2.45, 2.75) is 51.1 Å². The lowest BCUT2D eigenvalue weighted by Gasteiger charge is -2.20. The van der Waals surface area contributed by atoms with Gasteiger partial charge in [0.1, 0.15) is 11.4 Å². The van der Waals surface area contributed by atoms with Crippen LogP contribution in [0, 0.1) is 0 Å². The van der Waals surface area contributed by atoms with Crippen molar-refractivity contribution < 1.29 is 22.7 Å². The summed E-state index contributed by atoms with van der Waals surface area (Å²) < 4.78 is 43.9. The number of nitrogens with zero attached hydrogens (tertiary/aromatic N) is 1. The van der Waals surface area contributed by atoms with Gasteiger partial charge in [-0.15, -0.1) is 0 Å². The maximum Gasteiger partial charge on any atom is 0.431 e. The second-order valence-corrected chi connectivity index (χ2v) is 7.21. The molecule has 1 amide bonds. The Labute approximate surface area is 173 Å². The number of halogens is 4. The molecule has 0 heterocycles. The van der Waals surface area contributed by atoms with Gasteiger partial charge in [-0.05, 0) is 56.7 Å². The molecule has 0 unspecified atom stereocenters. The fourth-order valence-corrected chi connectivity index (χ4v) is 3.30. The van der Waals surface area contributed by atoms with E-state index in [0.29, 0.717) is 60.8 Å². The quantitative estimate of drug-likeness (QED) is 0.579. The van der Waals surface area contributed by atoms with Crippen LogP contribution < -0.4 is 15.8 Å². The molecule has 2 rings (SSSR count). The Bertz CT molecular complexity index is 792. The maximum absolute atomic E-state index is 12.9. The number of hydrogen-bond donors (Lipinski definition) is 2. The number of rotatable bonds is 7. The summed E-state index contributed by atoms with van der Waals surface area (Å²) >= 11 is 5.93. The number of carbonyl (C=O) groups is 1. The van der Waals surface area contributed by atoms with E-state index in [2.05, 4.69) is 10.3 Å². The second-order valence-electron chi connectivity index (χ2n) is 6.78. The van der Waals surface area contributed by atoms with E-state index in [-0.39, 0.29) is 17.9 Å². The lowest BCUT2D eigenvalue weighted by atomic mass is 9.91. The Morgan fingerprint density at radius 3 is 2.69 bits per heavy atom. The lowest BCUT2D eigenvalue weighted by Crippen LogP contribution is -2.26. The molecule has 0 spiro atoms. The molecule has 0 radical (unpaired) electrons. The standard InChI is InChI=1S/C20H25ClF3N3O2/c1-29-17-10-9-13(21)12-16(17)27-18(28)8-4-5-11-26-15-7-3-2-6-14(15)19(25)20(22,23)24/h9-10,12H,2-8,11,25H2,1H3,(H,27,28). The van der Waals surface area contributed by atoms with Crippen molar-refractivity contribution in [3.05, 3.63) is 34.5 Å². The van der Waals surface area contributed by atoms with Crippen LogP contribution in [0.5, 0.6) is 5.75 Å². The Morgan fingerprint density at radius 1 is 1.28 bits per heavy atom. The smallest absolute Gasteiger partial charge is 0.431 e. The lowest BCUT2D eigenvalue weighted by molar-refractivity contribution is -0.116. The number of ether oxygens (including phenoxy) is 1. The Hall–Kier alpha value is -2.22. The summed E-state index contributed by atoms with van der Waals surface area (Å²) in [5.41, 5.74) is 5.31. The summed E-state index contributed by atoms with van der Waals surface area (Å²) in [5, 5.41) is 3.23. The minimum Gasteiger partial charge on any atom is -0.495 e. The molecule has 1 aromatic carbocycles. The first-order valence-electron chi connectivity index (χ1n) is 9.45. The highest BCUT2D eigenvalue weighted by molar-refractivity contribution is 6.31. The van der Waals surface area contributed by atoms with Gasteiger partial charge in [-0.1, -0.05) is 11.6 Å². The third-order valence-corrected chi connectivity index (χ3v) is 4.85. The molecule has 1 fully saturated rings. The van der Waals surface area contributed by atoms with Gasteiger partial charge in [-0.3, -0.25) is 9.79 Å². The van der Waals surface area contributed by atoms with Gasteiger partial charge < -0.3 is 15.8 Å². The molecule has 1 aliphatic carbocycles. The zero-order valence-corrected chi connectivity index (χ0v) is 17.0. The fraction of sp³-hybridized carbons (Fsp3) is 0.500. The van der Waals surface area contributed by atoms with E-state index in [1.165, 1.54) is 7.11 Å². The highest BCUT2D eigenvalue weighted by Gasteiger charge is 2.35. The molecule has 1 aromatic rings. The van der Waals surface area contributed by atoms with Gasteiger partial charge in [0.25, 0.3) is 0 Å². The molecule has 29 heavy (non-hydrogen) atoms. The third kappa shape index (κ3) is 6.96. The van der Waals surface area contributed by atoms with Crippen molar-refractivity contribution in [3.8, 4) is 5.75 Å². The van der Waals surface area contributed by atoms with Gasteiger partial charge in [0.15, 0.2) is 0 Å². The van der Waals surface area contributed by atoms with Gasteiger partial charge in [0, 0.05) is 29.3 Å². The van der Waals surface area contributed by atoms with E-state index in [4.69, 9.17) is 22.1 Å². The van der Waals surface area contributed by atoms with Crippen molar-refractivity contribution in [1.82, 2.24) is 0 Å². The zero-order chi connectivity index (χ0) is 21.4. The minimum absolute atomic E-state index is 0.120. The molecule has 0 atom stereocenters. The van der Waals surface area contributed by atoms with Crippen molar-refractivity contribution >= 4 is 28.9 Å². The van der Waals surface area contributed by atoms with Crippen molar-refractivity contribution in [2.75, 3.05) is 19.0 Å². The third-order valence-electron chi connectivity index (χ3n) is 4.62. The molecule has 5 nitrogen and oxygen atoms in total. The monoisotopic (exact) mass is 431 g/mol. The number of allylic oxidation sites excluding steroid dienone is 2. The largest absolute Gasteiger partial charge is 0.495 e. The van der Waals surface area contributed by atoms with Crippen molar-refractivity contribution in [2.24, 2.45) is 10.7 Å². The Balaban J connectivity index is 1.85. The van der Waals surface area contributed by atoms with Gasteiger partial charge in [-0.2, -0.15) is 13.2 Å². The highest BCUT2D eigenvalue weighted by Crippen LogP contribution is 2.31. The van der Waals surface area contributed by atoms with Crippen molar-refractivity contribution in [1.29, 1.82) is 0 Å². The summed E-state index contributed by atoms with van der Waals surface area (Å²) in [4.78, 5) is 16.4. The van der Waals surface area contributed by atoms with Gasteiger partial charge in [-0.25, -0.2) is 0 Å². The molecular formula is C20H25ClF3N3O2. The number of alkyl halides is 3. The number of unbranched alkanes of at least 4 members (excludes halogenated alkanes) is 1. The number of methoxy groups -OCH3 is 1. The van der Waals surface area contributed by atoms with Crippen LogP contribution in [0.15, 0.2) is 34.5 Å². The minimum atomic E-state index is -4.53. The number of benzene rings is 1. The second kappa shape index (κ2) is 10.5. The van der Waals surface area contributed by atoms with E-state index < -0.39 is 11.9 Å². The zero-order valence-electron chi connectivity index (χ0n) is 16.2. The summed E-state index contributed by atoms with van der Waals surface area (Å²) in [6, 6.07) is 4.93. The van der Waals surface area contributed by atoms with Crippen LogP contribution in [-0.4, -0.2) is 31.4 Å². The van der Waals surface area contributed by atoms with Crippen LogP contribution in [0.2, 0.25) is 5.02 Å². The van der Waals surface area contributed by atoms with E-state index in [1.54, 1.807) is 18.2 Å². The molecule has 3 N–H and O–H groups in total. The Morgan fingerprint density at radius 2 is 2.00 bits per heavy atom. The van der Waals surface area contributed by atoms with Crippen LogP contribution >= 0.6 is 11.6 Å². The number of hydrogen-bond acceptors (Lipinski definition) is 4. The molecule has 0 saturated heterocycles. The van der Waals surface area contributed by atoms with Crippen LogP contribution in [0.25, 0.3) is 0 Å². The SMILES string of the molecule is COc1ccc(Cl)cc1NC(=O)CCCCN=C1CCCCC1=C(N)C(F)(F)F. The van der Waals surface area contributed by atoms with E-state index in [0.717, 1.165) is 6.42 Å². The molecule has 0 aromatic heterocycles. The predicted octanol–water partition coefficient (Wildman–Crippen LogP) is 5.25. The van der Waals surface area contributed by atoms with Crippen molar-refractivity contribution in [3.63, 3.8) is 0 Å². The summed E-state index contributed by atoms with van der Waals surface area (Å²) in [6.45, 7) is 0.359. The molecule has 1 saturated carbocycles. The van der Waals surface area contributed by atoms with Gasteiger partial charge in [0.2, 0.25) is 5.91 Å². The molecular weight excluding hydrogens is 407 g/mol.